The van der Waals surface area contributed by atoms with E-state index in [9.17, 15) is 18.0 Å². The largest absolute Gasteiger partial charge is 0.471 e. The van der Waals surface area contributed by atoms with Crippen LogP contribution in [0.5, 0.6) is 0 Å². The smallest absolute Gasteiger partial charge is 0.373 e. The number of halogens is 3. The molecule has 4 fully saturated rings. The molecule has 0 aromatic rings. The average Bonchev–Trinajstić information content (AvgIpc) is 3.50. The zero-order valence-electron chi connectivity index (χ0n) is 18.9. The summed E-state index contributed by atoms with van der Waals surface area (Å²) in [6.07, 6.45) is -4.11. The van der Waals surface area contributed by atoms with Crippen molar-refractivity contribution >= 4 is 34.3 Å². The highest BCUT2D eigenvalue weighted by atomic mass is 32.7. The molecule has 34 heavy (non-hydrogen) atoms. The summed E-state index contributed by atoms with van der Waals surface area (Å²) < 4.78 is 80.7. The molecule has 0 aromatic carbocycles. The summed E-state index contributed by atoms with van der Waals surface area (Å²) in [5.41, 5.74) is -1.15. The van der Waals surface area contributed by atoms with E-state index in [1.807, 2.05) is 0 Å². The minimum atomic E-state index is -4.94. The molecule has 1 amide bonds. The molecule has 7 atom stereocenters. The molecule has 0 radical (unpaired) electrons. The van der Waals surface area contributed by atoms with Crippen LogP contribution in [-0.4, -0.2) is 86.0 Å². The lowest BCUT2D eigenvalue weighted by atomic mass is 9.96. The van der Waals surface area contributed by atoms with Crippen LogP contribution in [0.25, 0.3) is 0 Å². The number of hydrogen-bond donors (Lipinski definition) is 1. The van der Waals surface area contributed by atoms with Crippen LogP contribution in [0.4, 0.5) is 13.2 Å². The maximum Gasteiger partial charge on any atom is 0.471 e. The Morgan fingerprint density at radius 2 is 1.82 bits per heavy atom. The normalized spacial score (nSPS) is 38.2. The van der Waals surface area contributed by atoms with E-state index >= 15 is 0 Å². The molecule has 0 aliphatic carbocycles. The molecule has 2 bridgehead atoms. The SMILES string of the molecule is CC(C)(OP1OCC2OCCC2OP(S)OCC2CC(CO2)O1)[C@H]1CCCN1C(=O)C(F)(F)F. The van der Waals surface area contributed by atoms with Gasteiger partial charge in [0.1, 0.15) is 6.10 Å². The molecule has 4 heterocycles. The van der Waals surface area contributed by atoms with Gasteiger partial charge in [-0.1, -0.05) is 12.2 Å². The van der Waals surface area contributed by atoms with Crippen LogP contribution < -0.4 is 0 Å². The van der Waals surface area contributed by atoms with Crippen LogP contribution >= 0.6 is 28.4 Å². The molecule has 4 saturated heterocycles. The van der Waals surface area contributed by atoms with Crippen LogP contribution in [-0.2, 0) is 36.9 Å². The lowest BCUT2D eigenvalue weighted by Crippen LogP contribution is -2.52. The third kappa shape index (κ3) is 6.73. The highest BCUT2D eigenvalue weighted by Gasteiger charge is 2.51. The number of thiol groups is 1. The Labute approximate surface area is 204 Å². The first-order chi connectivity index (χ1) is 16.0. The Bertz CT molecular complexity index is 724. The number of hydrogen-bond acceptors (Lipinski definition) is 9. The second-order valence-electron chi connectivity index (χ2n) is 9.16. The maximum absolute atomic E-state index is 13.1. The Balaban J connectivity index is 1.47. The molecule has 4 aliphatic heterocycles. The first kappa shape index (κ1) is 27.2. The minimum Gasteiger partial charge on any atom is -0.373 e. The number of rotatable bonds is 3. The maximum atomic E-state index is 13.1. The van der Waals surface area contributed by atoms with Gasteiger partial charge in [-0.05, 0) is 26.7 Å². The number of alkyl halides is 3. The Morgan fingerprint density at radius 1 is 1.03 bits per heavy atom. The van der Waals surface area contributed by atoms with Gasteiger partial charge in [0.15, 0.2) is 0 Å². The molecule has 0 N–H and O–H groups in total. The summed E-state index contributed by atoms with van der Waals surface area (Å²) in [6.45, 7) is 4.54. The van der Waals surface area contributed by atoms with Crippen molar-refractivity contribution in [2.24, 2.45) is 0 Å². The molecular weight excluding hydrogens is 521 g/mol. The van der Waals surface area contributed by atoms with E-state index in [4.69, 9.17) is 32.1 Å². The van der Waals surface area contributed by atoms with Crippen molar-refractivity contribution in [3.05, 3.63) is 0 Å². The third-order valence-electron chi connectivity index (χ3n) is 6.24. The van der Waals surface area contributed by atoms with E-state index in [0.717, 1.165) is 4.90 Å². The fourth-order valence-electron chi connectivity index (χ4n) is 4.54. The van der Waals surface area contributed by atoms with Crippen LogP contribution in [0.2, 0.25) is 0 Å². The summed E-state index contributed by atoms with van der Waals surface area (Å²) in [4.78, 5) is 12.8. The third-order valence-corrected chi connectivity index (χ3v) is 9.14. The van der Waals surface area contributed by atoms with Crippen molar-refractivity contribution in [3.63, 3.8) is 0 Å². The molecule has 6 unspecified atom stereocenters. The molecule has 15 heteroatoms. The van der Waals surface area contributed by atoms with E-state index in [1.54, 1.807) is 13.8 Å². The van der Waals surface area contributed by atoms with Crippen molar-refractivity contribution in [1.29, 1.82) is 0 Å². The predicted molar refractivity (Wildman–Crippen MR) is 119 cm³/mol. The van der Waals surface area contributed by atoms with Crippen LogP contribution in [0.15, 0.2) is 0 Å². The number of amides is 1. The second-order valence-corrected chi connectivity index (χ2v) is 12.2. The summed E-state index contributed by atoms with van der Waals surface area (Å²) in [5, 5.41) is 0. The van der Waals surface area contributed by atoms with Gasteiger partial charge in [0.05, 0.1) is 49.8 Å². The van der Waals surface area contributed by atoms with Gasteiger partial charge in [-0.15, -0.1) is 0 Å². The van der Waals surface area contributed by atoms with E-state index in [-0.39, 0.29) is 37.6 Å². The number of carbonyl (C=O) groups excluding carboxylic acids is 1. The Kier molecular flexibility index (Phi) is 9.04. The fourth-order valence-corrected chi connectivity index (χ4v) is 7.26. The van der Waals surface area contributed by atoms with Crippen LogP contribution in [0.1, 0.15) is 39.5 Å². The van der Waals surface area contributed by atoms with Gasteiger partial charge in [0.25, 0.3) is 0 Å². The second kappa shape index (κ2) is 11.3. The summed E-state index contributed by atoms with van der Waals surface area (Å²) >= 11 is 4.40. The number of nitrogens with zero attached hydrogens (tertiary/aromatic N) is 1. The van der Waals surface area contributed by atoms with Crippen molar-refractivity contribution in [2.75, 3.05) is 33.0 Å². The van der Waals surface area contributed by atoms with Gasteiger partial charge in [-0.3, -0.25) is 4.79 Å². The van der Waals surface area contributed by atoms with Gasteiger partial charge < -0.3 is 37.0 Å². The molecular formula is C19H30F3NO8P2S. The van der Waals surface area contributed by atoms with E-state index in [2.05, 4.69) is 12.2 Å². The zero-order chi connectivity index (χ0) is 24.5. The number of fused-ring (bicyclic) bond motifs is 3. The molecule has 196 valence electrons. The standard InChI is InChI=1S/C19H30F3NO8P2S/c1-18(2,16-4-3-6-23(16)17(24)19(20,21)22)31-32-27-11-15-14(5-7-25-15)30-33(34)28-10-12-8-13(29-32)9-26-12/h12-16,34H,3-11H2,1-2H3/t12?,13?,14?,15?,16-,32?,33?/m1/s1. The first-order valence-corrected chi connectivity index (χ1v) is 14.6. The van der Waals surface area contributed by atoms with Crippen molar-refractivity contribution < 1.29 is 50.1 Å². The quantitative estimate of drug-likeness (QED) is 0.415. The van der Waals surface area contributed by atoms with Crippen LogP contribution in [0.3, 0.4) is 0 Å². The summed E-state index contributed by atoms with van der Waals surface area (Å²) in [7, 11) is -3.40. The lowest BCUT2D eigenvalue weighted by molar-refractivity contribution is -0.189. The zero-order valence-corrected chi connectivity index (χ0v) is 21.6. The fraction of sp³-hybridized carbons (Fsp3) is 0.947. The van der Waals surface area contributed by atoms with Gasteiger partial charge >= 0.3 is 20.7 Å². The monoisotopic (exact) mass is 551 g/mol. The average molecular weight is 551 g/mol. The summed E-state index contributed by atoms with van der Waals surface area (Å²) in [5.74, 6) is -1.86. The predicted octanol–water partition coefficient (Wildman–Crippen LogP) is 4.11. The number of ether oxygens (including phenoxy) is 2. The first-order valence-electron chi connectivity index (χ1n) is 11.2. The molecule has 0 saturated carbocycles. The van der Waals surface area contributed by atoms with E-state index in [1.165, 1.54) is 0 Å². The molecule has 9 nitrogen and oxygen atoms in total. The minimum absolute atomic E-state index is 0.0230. The lowest BCUT2D eigenvalue weighted by Gasteiger charge is -2.39. The highest BCUT2D eigenvalue weighted by Crippen LogP contribution is 2.51. The molecule has 0 spiro atoms. The van der Waals surface area contributed by atoms with Gasteiger partial charge in [0, 0.05) is 26.0 Å². The Morgan fingerprint density at radius 3 is 2.59 bits per heavy atom. The van der Waals surface area contributed by atoms with E-state index in [0.29, 0.717) is 45.5 Å². The molecule has 4 aliphatic rings. The molecule has 4 rings (SSSR count). The van der Waals surface area contributed by atoms with Crippen molar-refractivity contribution in [3.8, 4) is 0 Å². The Hall–Kier alpha value is 0.190. The highest BCUT2D eigenvalue weighted by molar-refractivity contribution is 8.41. The van der Waals surface area contributed by atoms with Gasteiger partial charge in [0.2, 0.25) is 7.58 Å². The van der Waals surface area contributed by atoms with Gasteiger partial charge in [-0.2, -0.15) is 13.2 Å². The van der Waals surface area contributed by atoms with Gasteiger partial charge in [-0.25, -0.2) is 0 Å². The number of likely N-dealkylation sites (tertiary alicyclic amines) is 1. The van der Waals surface area contributed by atoms with Crippen molar-refractivity contribution in [1.82, 2.24) is 4.90 Å². The van der Waals surface area contributed by atoms with Crippen LogP contribution in [0, 0.1) is 0 Å². The van der Waals surface area contributed by atoms with E-state index < -0.39 is 39.9 Å². The van der Waals surface area contributed by atoms with Crippen molar-refractivity contribution in [2.45, 2.75) is 81.8 Å². The summed E-state index contributed by atoms with van der Waals surface area (Å²) in [6, 6.07) is -0.770. The molecule has 0 aromatic heterocycles. The number of carbonyl (C=O) groups is 1. The topological polar surface area (TPSA) is 84.9 Å².